The maximum atomic E-state index is 8.87. The minimum Gasteiger partial charge on any atom is -0.485 e. The van der Waals surface area contributed by atoms with Crippen LogP contribution in [0.5, 0.6) is 11.5 Å². The summed E-state index contributed by atoms with van der Waals surface area (Å²) in [4.78, 5) is 22.6. The molecule has 4 N–H and O–H groups in total. The molecule has 0 fully saturated rings. The van der Waals surface area contributed by atoms with Gasteiger partial charge in [-0.2, -0.15) is 10.3 Å². The molecule has 0 aliphatic carbocycles. The van der Waals surface area contributed by atoms with Crippen molar-refractivity contribution in [1.82, 2.24) is 20.5 Å². The smallest absolute Gasteiger partial charge is 0.222 e. The summed E-state index contributed by atoms with van der Waals surface area (Å²) >= 11 is 6.93. The molecule has 0 bridgehead atoms. The number of nitrogens with one attached hydrogen (secondary N) is 1. The zero-order valence-electron chi connectivity index (χ0n) is 25.2. The molecule has 3 atom stereocenters. The van der Waals surface area contributed by atoms with E-state index in [1.54, 1.807) is 37.3 Å². The SMILES string of the molecule is CN1OC2(CC(c3ccncc3)Oc3ccc(Br)cc32)N=C1N.CNO.Cl.N#CN=C1CC(c2ccncc2)Oc2ccc(Br)cc21. The molecular weight excluding hydrogens is 756 g/mol. The van der Waals surface area contributed by atoms with E-state index in [1.165, 1.54) is 12.1 Å². The standard InChI is InChI=1S/C16H15BrN4O2.C15H10BrN3O.CH5NO.ClH/c1-21-15(18)20-16(23-21)9-14(10-4-6-19-7-5-10)22-13-3-2-11(17)8-12(13)16;16-11-1-2-14-12(7-11)13(19-9-17)8-15(20-14)10-3-5-18-6-4-10;1-2-3;/h2-8,14H,9H2,1H3,(H2,18,20);1-7,15H,8H2;2-3H,1H3;1H. The zero-order valence-corrected chi connectivity index (χ0v) is 29.2. The van der Waals surface area contributed by atoms with E-state index < -0.39 is 5.72 Å². The van der Waals surface area contributed by atoms with Crippen LogP contribution in [0.25, 0.3) is 0 Å². The van der Waals surface area contributed by atoms with Crippen molar-refractivity contribution in [3.63, 3.8) is 0 Å². The summed E-state index contributed by atoms with van der Waals surface area (Å²) in [5.41, 5.74) is 11.4. The number of halogens is 3. The number of guanidine groups is 1. The number of nitrogens with two attached hydrogens (primary N) is 1. The Kier molecular flexibility index (Phi) is 12.3. The third kappa shape index (κ3) is 8.25. The molecular formula is C32H31Br2ClN8O4. The average molecular weight is 787 g/mol. The van der Waals surface area contributed by atoms with Crippen LogP contribution >= 0.6 is 44.3 Å². The lowest BCUT2D eigenvalue weighted by atomic mass is 9.90. The molecule has 0 radical (unpaired) electrons. The van der Waals surface area contributed by atoms with Gasteiger partial charge in [-0.15, -0.1) is 12.4 Å². The first kappa shape index (κ1) is 35.7. The number of aromatic nitrogens is 2. The second-order valence-corrected chi connectivity index (χ2v) is 12.0. The highest BCUT2D eigenvalue weighted by molar-refractivity contribution is 9.10. The van der Waals surface area contributed by atoms with Crippen LogP contribution in [0.2, 0.25) is 0 Å². The highest BCUT2D eigenvalue weighted by Crippen LogP contribution is 2.50. The first-order valence-electron chi connectivity index (χ1n) is 14.0. The summed E-state index contributed by atoms with van der Waals surface area (Å²) in [7, 11) is 3.18. The molecule has 47 heavy (non-hydrogen) atoms. The van der Waals surface area contributed by atoms with Crippen molar-refractivity contribution >= 4 is 55.9 Å². The number of benzene rings is 2. The predicted octanol–water partition coefficient (Wildman–Crippen LogP) is 6.37. The fourth-order valence-corrected chi connectivity index (χ4v) is 5.94. The highest BCUT2D eigenvalue weighted by atomic mass is 79.9. The number of hydroxylamine groups is 3. The van der Waals surface area contributed by atoms with E-state index in [4.69, 9.17) is 30.5 Å². The Morgan fingerprint density at radius 1 is 0.957 bits per heavy atom. The Labute approximate surface area is 294 Å². The van der Waals surface area contributed by atoms with Crippen molar-refractivity contribution in [2.75, 3.05) is 14.1 Å². The molecule has 0 saturated heterocycles. The quantitative estimate of drug-likeness (QED) is 0.154. The fourth-order valence-electron chi connectivity index (χ4n) is 5.21. The number of fused-ring (bicyclic) bond motifs is 3. The fraction of sp³-hybridized carbons (Fsp3) is 0.219. The van der Waals surface area contributed by atoms with Gasteiger partial charge in [0.25, 0.3) is 0 Å². The van der Waals surface area contributed by atoms with Crippen molar-refractivity contribution < 1.29 is 19.5 Å². The van der Waals surface area contributed by atoms with Crippen molar-refractivity contribution in [2.24, 2.45) is 15.7 Å². The Morgan fingerprint density at radius 3 is 2.09 bits per heavy atom. The number of hydrogen-bond acceptors (Lipinski definition) is 12. The van der Waals surface area contributed by atoms with E-state index in [9.17, 15) is 0 Å². The first-order chi connectivity index (χ1) is 22.3. The highest BCUT2D eigenvalue weighted by Gasteiger charge is 2.49. The molecule has 7 rings (SSSR count). The van der Waals surface area contributed by atoms with Crippen LogP contribution in [0.3, 0.4) is 0 Å². The maximum Gasteiger partial charge on any atom is 0.222 e. The predicted molar refractivity (Wildman–Crippen MR) is 185 cm³/mol. The molecule has 244 valence electrons. The largest absolute Gasteiger partial charge is 0.485 e. The molecule has 3 aliphatic rings. The topological polar surface area (TPSA) is 163 Å². The molecule has 0 amide bonds. The van der Waals surface area contributed by atoms with E-state index in [0.717, 1.165) is 48.4 Å². The third-order valence-electron chi connectivity index (χ3n) is 7.24. The molecule has 3 unspecified atom stereocenters. The van der Waals surface area contributed by atoms with Crippen LogP contribution < -0.4 is 20.7 Å². The average Bonchev–Trinajstić information content (AvgIpc) is 3.35. The Bertz CT molecular complexity index is 1780. The van der Waals surface area contributed by atoms with E-state index in [-0.39, 0.29) is 24.6 Å². The summed E-state index contributed by atoms with van der Waals surface area (Å²) in [6.07, 6.45) is 9.62. The lowest BCUT2D eigenvalue weighted by Crippen LogP contribution is -2.36. The maximum absolute atomic E-state index is 8.87. The molecule has 4 aromatic rings. The van der Waals surface area contributed by atoms with Gasteiger partial charge in [0.1, 0.15) is 23.7 Å². The van der Waals surface area contributed by atoms with Gasteiger partial charge in [0.15, 0.2) is 0 Å². The molecule has 1 spiro atoms. The Hall–Kier alpha value is -4.10. The van der Waals surface area contributed by atoms with Gasteiger partial charge in [0.05, 0.1) is 11.3 Å². The normalized spacial score (nSPS) is 21.1. The molecule has 0 saturated carbocycles. The molecule has 5 heterocycles. The van der Waals surface area contributed by atoms with E-state index >= 15 is 0 Å². The molecule has 15 heteroatoms. The number of nitriles is 1. The second kappa shape index (κ2) is 16.1. The summed E-state index contributed by atoms with van der Waals surface area (Å²) in [6, 6.07) is 19.3. The van der Waals surface area contributed by atoms with Gasteiger partial charge in [0.2, 0.25) is 17.9 Å². The minimum absolute atomic E-state index is 0. The monoisotopic (exact) mass is 784 g/mol. The number of ether oxygens (including phenoxy) is 2. The first-order valence-corrected chi connectivity index (χ1v) is 15.6. The van der Waals surface area contributed by atoms with Gasteiger partial charge in [-0.25, -0.2) is 20.4 Å². The summed E-state index contributed by atoms with van der Waals surface area (Å²) in [5.74, 6) is 1.84. The number of aliphatic imine (C=N–C) groups is 2. The van der Waals surface area contributed by atoms with Crippen LogP contribution in [0, 0.1) is 11.5 Å². The van der Waals surface area contributed by atoms with Gasteiger partial charge in [-0.3, -0.25) is 9.97 Å². The molecule has 3 aliphatic heterocycles. The van der Waals surface area contributed by atoms with Gasteiger partial charge in [-0.1, -0.05) is 31.9 Å². The summed E-state index contributed by atoms with van der Waals surface area (Å²) in [5, 5.41) is 17.7. The van der Waals surface area contributed by atoms with E-state index in [2.05, 4.69) is 51.8 Å². The van der Waals surface area contributed by atoms with Crippen LogP contribution in [-0.4, -0.2) is 46.0 Å². The van der Waals surface area contributed by atoms with Gasteiger partial charge < -0.3 is 20.4 Å². The lowest BCUT2D eigenvalue weighted by molar-refractivity contribution is -0.191. The van der Waals surface area contributed by atoms with E-state index in [1.807, 2.05) is 66.9 Å². The molecule has 12 nitrogen and oxygen atoms in total. The van der Waals surface area contributed by atoms with Crippen LogP contribution in [0.15, 0.2) is 104 Å². The Morgan fingerprint density at radius 2 is 1.51 bits per heavy atom. The van der Waals surface area contributed by atoms with Crippen molar-refractivity contribution in [1.29, 1.82) is 5.26 Å². The van der Waals surface area contributed by atoms with Gasteiger partial charge in [-0.05, 0) is 71.8 Å². The van der Waals surface area contributed by atoms with Crippen LogP contribution in [0.1, 0.15) is 47.3 Å². The van der Waals surface area contributed by atoms with Crippen molar-refractivity contribution in [3.8, 4) is 17.7 Å². The number of hydrogen-bond donors (Lipinski definition) is 3. The minimum atomic E-state index is -0.871. The lowest BCUT2D eigenvalue weighted by Gasteiger charge is -2.37. The van der Waals surface area contributed by atoms with Crippen LogP contribution in [0.4, 0.5) is 0 Å². The van der Waals surface area contributed by atoms with E-state index in [0.29, 0.717) is 18.8 Å². The molecule has 2 aromatic carbocycles. The Balaban J connectivity index is 0.000000194. The van der Waals surface area contributed by atoms with Crippen LogP contribution in [-0.2, 0) is 10.6 Å². The summed E-state index contributed by atoms with van der Waals surface area (Å²) in [6.45, 7) is 0. The van der Waals surface area contributed by atoms with Gasteiger partial charge in [0, 0.05) is 66.2 Å². The zero-order chi connectivity index (χ0) is 32.7. The number of pyridine rings is 2. The number of rotatable bonds is 2. The second-order valence-electron chi connectivity index (χ2n) is 10.2. The van der Waals surface area contributed by atoms with Crippen molar-refractivity contribution in [3.05, 3.63) is 117 Å². The van der Waals surface area contributed by atoms with Crippen molar-refractivity contribution in [2.45, 2.75) is 30.8 Å². The molecule has 2 aromatic heterocycles. The third-order valence-corrected chi connectivity index (χ3v) is 8.23. The van der Waals surface area contributed by atoms with Gasteiger partial charge >= 0.3 is 0 Å². The summed E-state index contributed by atoms with van der Waals surface area (Å²) < 4.78 is 14.1. The number of nitrogens with zero attached hydrogens (tertiary/aromatic N) is 6.